The van der Waals surface area contributed by atoms with E-state index in [0.717, 1.165) is 18.7 Å². The van der Waals surface area contributed by atoms with Gasteiger partial charge in [0, 0.05) is 32.7 Å². The molecule has 6 nitrogen and oxygen atoms in total. The summed E-state index contributed by atoms with van der Waals surface area (Å²) in [5.74, 6) is 0.0591. The van der Waals surface area contributed by atoms with Crippen LogP contribution in [0, 0.1) is 11.3 Å². The van der Waals surface area contributed by atoms with Crippen LogP contribution in [0.5, 0.6) is 0 Å². The topological polar surface area (TPSA) is 65.8 Å². The fraction of sp³-hybridized carbons (Fsp3) is 0.529. The van der Waals surface area contributed by atoms with Gasteiger partial charge in [-0.3, -0.25) is 9.69 Å². The summed E-state index contributed by atoms with van der Waals surface area (Å²) >= 11 is 0. The highest BCUT2D eigenvalue weighted by molar-refractivity contribution is 5.81. The van der Waals surface area contributed by atoms with Crippen LogP contribution in [0.15, 0.2) is 24.3 Å². The molecule has 122 valence electrons. The number of ether oxygens (including phenoxy) is 2. The van der Waals surface area contributed by atoms with Gasteiger partial charge < -0.3 is 14.4 Å². The smallest absolute Gasteiger partial charge is 0.253 e. The molecule has 1 atom stereocenters. The average Bonchev–Trinajstić information content (AvgIpc) is 2.62. The van der Waals surface area contributed by atoms with Crippen molar-refractivity contribution in [2.75, 3.05) is 46.0 Å². The number of nitrogens with zero attached hydrogens (tertiary/aromatic N) is 3. The zero-order valence-corrected chi connectivity index (χ0v) is 13.1. The van der Waals surface area contributed by atoms with Crippen LogP contribution in [-0.4, -0.2) is 67.8 Å². The minimum absolute atomic E-state index is 0.0591. The summed E-state index contributed by atoms with van der Waals surface area (Å²) in [7, 11) is 0. The molecule has 2 heterocycles. The summed E-state index contributed by atoms with van der Waals surface area (Å²) in [5.41, 5.74) is 1.75. The molecule has 1 aromatic carbocycles. The Hall–Kier alpha value is -1.94. The van der Waals surface area contributed by atoms with Crippen LogP contribution in [0.4, 0.5) is 0 Å². The zero-order valence-electron chi connectivity index (χ0n) is 13.1. The van der Waals surface area contributed by atoms with Gasteiger partial charge in [0.05, 0.1) is 31.5 Å². The second kappa shape index (κ2) is 7.55. The highest BCUT2D eigenvalue weighted by Crippen LogP contribution is 2.14. The van der Waals surface area contributed by atoms with Gasteiger partial charge in [-0.1, -0.05) is 12.1 Å². The molecular formula is C17H21N3O3. The number of amides is 1. The molecule has 0 aliphatic carbocycles. The molecule has 0 N–H and O–H groups in total. The molecule has 1 aromatic rings. The van der Waals surface area contributed by atoms with E-state index in [1.807, 2.05) is 23.1 Å². The van der Waals surface area contributed by atoms with Gasteiger partial charge in [-0.05, 0) is 17.7 Å². The molecule has 1 unspecified atom stereocenters. The fourth-order valence-corrected chi connectivity index (χ4v) is 2.98. The molecule has 0 aromatic heterocycles. The SMILES string of the molecule is N#Cc1cccc(CN2CCOC(C(=O)N3CCOCC3)C2)c1. The number of rotatable bonds is 3. The van der Waals surface area contributed by atoms with Crippen molar-refractivity contribution < 1.29 is 14.3 Å². The maximum atomic E-state index is 12.5. The Labute approximate surface area is 136 Å². The standard InChI is InChI=1S/C17H21N3O3/c18-11-14-2-1-3-15(10-14)12-19-4-9-23-16(13-19)17(21)20-5-7-22-8-6-20/h1-3,10,16H,4-9,12-13H2. The Bertz CT molecular complexity index is 593. The van der Waals surface area contributed by atoms with E-state index >= 15 is 0 Å². The summed E-state index contributed by atoms with van der Waals surface area (Å²) in [4.78, 5) is 16.6. The average molecular weight is 315 g/mol. The lowest BCUT2D eigenvalue weighted by atomic mass is 10.1. The molecule has 1 amide bonds. The second-order valence-electron chi connectivity index (χ2n) is 5.84. The minimum Gasteiger partial charge on any atom is -0.378 e. The van der Waals surface area contributed by atoms with Crippen molar-refractivity contribution in [3.63, 3.8) is 0 Å². The predicted molar refractivity (Wildman–Crippen MR) is 83.6 cm³/mol. The molecule has 2 aliphatic heterocycles. The van der Waals surface area contributed by atoms with Gasteiger partial charge >= 0.3 is 0 Å². The number of benzene rings is 1. The first-order valence-corrected chi connectivity index (χ1v) is 7.96. The Morgan fingerprint density at radius 2 is 2.09 bits per heavy atom. The van der Waals surface area contributed by atoms with Gasteiger partial charge in [-0.25, -0.2) is 0 Å². The first kappa shape index (κ1) is 15.9. The molecule has 2 aliphatic rings. The molecule has 0 radical (unpaired) electrons. The van der Waals surface area contributed by atoms with Gasteiger partial charge in [0.15, 0.2) is 0 Å². The summed E-state index contributed by atoms with van der Waals surface area (Å²) in [6.07, 6.45) is -0.402. The summed E-state index contributed by atoms with van der Waals surface area (Å²) in [6, 6.07) is 9.76. The van der Waals surface area contributed by atoms with Crippen molar-refractivity contribution in [2.24, 2.45) is 0 Å². The lowest BCUT2D eigenvalue weighted by molar-refractivity contribution is -0.153. The monoisotopic (exact) mass is 315 g/mol. The van der Waals surface area contributed by atoms with Crippen LogP contribution in [-0.2, 0) is 20.8 Å². The van der Waals surface area contributed by atoms with Crippen molar-refractivity contribution in [3.05, 3.63) is 35.4 Å². The fourth-order valence-electron chi connectivity index (χ4n) is 2.98. The van der Waals surface area contributed by atoms with Gasteiger partial charge in [-0.2, -0.15) is 5.26 Å². The molecule has 2 fully saturated rings. The number of hydrogen-bond donors (Lipinski definition) is 0. The molecule has 6 heteroatoms. The Morgan fingerprint density at radius 3 is 2.87 bits per heavy atom. The van der Waals surface area contributed by atoms with E-state index in [0.29, 0.717) is 45.0 Å². The molecule has 3 rings (SSSR count). The largest absolute Gasteiger partial charge is 0.378 e. The number of morpholine rings is 2. The molecule has 0 bridgehead atoms. The van der Waals surface area contributed by atoms with Crippen LogP contribution in [0.3, 0.4) is 0 Å². The van der Waals surface area contributed by atoms with E-state index < -0.39 is 6.10 Å². The molecule has 0 saturated carbocycles. The summed E-state index contributed by atoms with van der Waals surface area (Å²) in [6.45, 7) is 5.15. The van der Waals surface area contributed by atoms with Crippen LogP contribution < -0.4 is 0 Å². The van der Waals surface area contributed by atoms with Crippen molar-refractivity contribution in [1.29, 1.82) is 5.26 Å². The predicted octanol–water partition coefficient (Wildman–Crippen LogP) is 0.618. The molecule has 2 saturated heterocycles. The third-order valence-corrected chi connectivity index (χ3v) is 4.21. The molecule has 0 spiro atoms. The van der Waals surface area contributed by atoms with Crippen molar-refractivity contribution in [1.82, 2.24) is 9.80 Å². The minimum atomic E-state index is -0.402. The highest BCUT2D eigenvalue weighted by Gasteiger charge is 2.30. The third-order valence-electron chi connectivity index (χ3n) is 4.21. The number of carbonyl (C=O) groups is 1. The number of carbonyl (C=O) groups excluding carboxylic acids is 1. The maximum absolute atomic E-state index is 12.5. The van der Waals surface area contributed by atoms with E-state index in [4.69, 9.17) is 14.7 Å². The van der Waals surface area contributed by atoms with Crippen molar-refractivity contribution in [2.45, 2.75) is 12.6 Å². The maximum Gasteiger partial charge on any atom is 0.253 e. The Morgan fingerprint density at radius 1 is 1.26 bits per heavy atom. The lowest BCUT2D eigenvalue weighted by Gasteiger charge is -2.36. The van der Waals surface area contributed by atoms with E-state index in [-0.39, 0.29) is 5.91 Å². The van der Waals surface area contributed by atoms with Crippen LogP contribution in [0.25, 0.3) is 0 Å². The van der Waals surface area contributed by atoms with Gasteiger partial charge in [0.2, 0.25) is 0 Å². The van der Waals surface area contributed by atoms with Crippen molar-refractivity contribution >= 4 is 5.91 Å². The van der Waals surface area contributed by atoms with Gasteiger partial charge in [-0.15, -0.1) is 0 Å². The van der Waals surface area contributed by atoms with Crippen LogP contribution >= 0.6 is 0 Å². The molecular weight excluding hydrogens is 294 g/mol. The molecule has 23 heavy (non-hydrogen) atoms. The van der Waals surface area contributed by atoms with Crippen LogP contribution in [0.1, 0.15) is 11.1 Å². The third kappa shape index (κ3) is 4.08. The van der Waals surface area contributed by atoms with Crippen LogP contribution in [0.2, 0.25) is 0 Å². The van der Waals surface area contributed by atoms with E-state index in [1.54, 1.807) is 6.07 Å². The zero-order chi connectivity index (χ0) is 16.1. The Balaban J connectivity index is 1.59. The van der Waals surface area contributed by atoms with Gasteiger partial charge in [0.25, 0.3) is 5.91 Å². The van der Waals surface area contributed by atoms with Crippen molar-refractivity contribution in [3.8, 4) is 6.07 Å². The van der Waals surface area contributed by atoms with Gasteiger partial charge in [0.1, 0.15) is 6.10 Å². The van der Waals surface area contributed by atoms with E-state index in [2.05, 4.69) is 11.0 Å². The second-order valence-corrected chi connectivity index (χ2v) is 5.84. The first-order valence-electron chi connectivity index (χ1n) is 7.96. The Kier molecular flexibility index (Phi) is 5.23. The summed E-state index contributed by atoms with van der Waals surface area (Å²) in [5, 5.41) is 8.98. The number of nitriles is 1. The quantitative estimate of drug-likeness (QED) is 0.818. The highest BCUT2D eigenvalue weighted by atomic mass is 16.5. The number of hydrogen-bond acceptors (Lipinski definition) is 5. The lowest BCUT2D eigenvalue weighted by Crippen LogP contribution is -2.53. The first-order chi connectivity index (χ1) is 11.3. The normalized spacial score (nSPS) is 22.6. The van der Waals surface area contributed by atoms with E-state index in [1.165, 1.54) is 0 Å². The van der Waals surface area contributed by atoms with E-state index in [9.17, 15) is 4.79 Å². The summed E-state index contributed by atoms with van der Waals surface area (Å²) < 4.78 is 11.0.